The van der Waals surface area contributed by atoms with Gasteiger partial charge < -0.3 is 21.7 Å². The first-order valence-electron chi connectivity index (χ1n) is 9.14. The average Bonchev–Trinajstić information content (AvgIpc) is 3.05. The summed E-state index contributed by atoms with van der Waals surface area (Å²) in [5.74, 6) is 1.25. The zero-order valence-electron chi connectivity index (χ0n) is 15.4. The summed E-state index contributed by atoms with van der Waals surface area (Å²) in [6.07, 6.45) is 4.02. The van der Waals surface area contributed by atoms with Gasteiger partial charge in [-0.2, -0.15) is 0 Å². The van der Waals surface area contributed by atoms with Crippen molar-refractivity contribution in [3.05, 3.63) is 30.0 Å². The summed E-state index contributed by atoms with van der Waals surface area (Å²) in [6.45, 7) is 4.70. The third-order valence-corrected chi connectivity index (χ3v) is 6.54. The van der Waals surface area contributed by atoms with E-state index in [1.54, 1.807) is 18.0 Å². The van der Waals surface area contributed by atoms with Gasteiger partial charge in [0.2, 0.25) is 5.91 Å². The van der Waals surface area contributed by atoms with Crippen LogP contribution in [0, 0.1) is 5.41 Å². The first-order chi connectivity index (χ1) is 13.0. The van der Waals surface area contributed by atoms with Gasteiger partial charge in [0.1, 0.15) is 10.8 Å². The average molecular weight is 385 g/mol. The number of hydrogen-bond acceptors (Lipinski definition) is 7. The lowest BCUT2D eigenvalue weighted by molar-refractivity contribution is -0.115. The Morgan fingerprint density at radius 3 is 2.85 bits per heavy atom. The molecule has 0 spiro atoms. The van der Waals surface area contributed by atoms with E-state index in [-0.39, 0.29) is 11.3 Å². The molecule has 0 unspecified atom stereocenters. The lowest BCUT2D eigenvalue weighted by Crippen LogP contribution is -2.42. The molecular formula is C19H24N6OS. The number of nitrogen functional groups attached to an aromatic ring is 1. The molecule has 27 heavy (non-hydrogen) atoms. The Morgan fingerprint density at radius 1 is 1.33 bits per heavy atom. The number of carbonyl (C=O) groups excluding carboxylic acids is 1. The molecule has 1 aromatic carbocycles. The Balaban J connectivity index is 1.62. The van der Waals surface area contributed by atoms with Crippen molar-refractivity contribution in [3.8, 4) is 0 Å². The number of piperidine rings is 1. The Bertz CT molecular complexity index is 878. The number of benzene rings is 1. The highest BCUT2D eigenvalue weighted by molar-refractivity contribution is 7.99. The minimum Gasteiger partial charge on any atom is -0.382 e. The van der Waals surface area contributed by atoms with Crippen molar-refractivity contribution < 1.29 is 4.79 Å². The Labute approximate surface area is 162 Å². The summed E-state index contributed by atoms with van der Waals surface area (Å²) in [4.78, 5) is 24.2. The van der Waals surface area contributed by atoms with Crippen molar-refractivity contribution in [2.24, 2.45) is 11.1 Å². The summed E-state index contributed by atoms with van der Waals surface area (Å²) >= 11 is 1.54. The van der Waals surface area contributed by atoms with Crippen LogP contribution in [0.2, 0.25) is 0 Å². The maximum absolute atomic E-state index is 11.8. The van der Waals surface area contributed by atoms with E-state index in [2.05, 4.69) is 27.1 Å². The van der Waals surface area contributed by atoms with Gasteiger partial charge in [-0.25, -0.2) is 9.97 Å². The molecule has 142 valence electrons. The van der Waals surface area contributed by atoms with Crippen molar-refractivity contribution in [1.29, 1.82) is 0 Å². The molecule has 7 nitrogen and oxygen atoms in total. The number of nitrogens with two attached hydrogens (primary N) is 2. The fourth-order valence-corrected chi connectivity index (χ4v) is 4.57. The molecule has 1 aromatic heterocycles. The molecular weight excluding hydrogens is 360 g/mol. The monoisotopic (exact) mass is 384 g/mol. The van der Waals surface area contributed by atoms with Gasteiger partial charge in [-0.05, 0) is 42.5 Å². The van der Waals surface area contributed by atoms with Crippen LogP contribution < -0.4 is 21.7 Å². The Morgan fingerprint density at radius 2 is 2.11 bits per heavy atom. The van der Waals surface area contributed by atoms with E-state index < -0.39 is 0 Å². The maximum atomic E-state index is 11.8. The third-order valence-electron chi connectivity index (χ3n) is 5.45. The summed E-state index contributed by atoms with van der Waals surface area (Å²) in [6, 6.07) is 5.90. The van der Waals surface area contributed by atoms with Gasteiger partial charge in [0.05, 0.1) is 12.6 Å². The predicted molar refractivity (Wildman–Crippen MR) is 108 cm³/mol. The lowest BCUT2D eigenvalue weighted by atomic mass is 9.80. The van der Waals surface area contributed by atoms with Gasteiger partial charge in [-0.15, -0.1) is 0 Å². The van der Waals surface area contributed by atoms with Crippen LogP contribution in [0.4, 0.5) is 17.3 Å². The molecule has 2 aliphatic rings. The molecule has 0 saturated carbocycles. The molecule has 0 aliphatic carbocycles. The number of aromatic nitrogens is 2. The molecule has 0 radical (unpaired) electrons. The molecule has 3 heterocycles. The fourth-order valence-electron chi connectivity index (χ4n) is 3.54. The summed E-state index contributed by atoms with van der Waals surface area (Å²) in [7, 11) is 0. The molecule has 1 fully saturated rings. The predicted octanol–water partition coefficient (Wildman–Crippen LogP) is 2.27. The van der Waals surface area contributed by atoms with Crippen LogP contribution in [0.5, 0.6) is 0 Å². The Kier molecular flexibility index (Phi) is 4.69. The van der Waals surface area contributed by atoms with Gasteiger partial charge in [-0.3, -0.25) is 4.79 Å². The van der Waals surface area contributed by atoms with Crippen LogP contribution in [0.25, 0.3) is 0 Å². The third kappa shape index (κ3) is 3.59. The van der Waals surface area contributed by atoms with E-state index in [4.69, 9.17) is 11.5 Å². The number of hydrogen-bond donors (Lipinski definition) is 3. The zero-order chi connectivity index (χ0) is 19.0. The lowest BCUT2D eigenvalue weighted by Gasteiger charge is -2.39. The molecule has 2 aromatic rings. The molecule has 0 bridgehead atoms. The standard InChI is InChI=1S/C19H24N6OS/c1-19(11-20)5-7-25(8-6-19)17-18(22-10-15(21)24-17)27-14-4-2-3-13-12(14)9-16(26)23-13/h2-4,10H,5-9,11,20H2,1H3,(H2,21,24)(H,23,26). The van der Waals surface area contributed by atoms with E-state index in [9.17, 15) is 4.79 Å². The summed E-state index contributed by atoms with van der Waals surface area (Å²) < 4.78 is 0. The van der Waals surface area contributed by atoms with Crippen molar-refractivity contribution in [1.82, 2.24) is 9.97 Å². The molecule has 1 saturated heterocycles. The number of amides is 1. The van der Waals surface area contributed by atoms with Crippen molar-refractivity contribution in [2.75, 3.05) is 35.6 Å². The molecule has 0 atom stereocenters. The van der Waals surface area contributed by atoms with Crippen LogP contribution in [-0.2, 0) is 11.2 Å². The number of fused-ring (bicyclic) bond motifs is 1. The zero-order valence-corrected chi connectivity index (χ0v) is 16.2. The van der Waals surface area contributed by atoms with E-state index in [0.717, 1.165) is 52.9 Å². The van der Waals surface area contributed by atoms with Gasteiger partial charge in [-0.1, -0.05) is 24.8 Å². The largest absolute Gasteiger partial charge is 0.382 e. The number of anilines is 3. The highest BCUT2D eigenvalue weighted by atomic mass is 32.2. The second-order valence-corrected chi connectivity index (χ2v) is 8.57. The summed E-state index contributed by atoms with van der Waals surface area (Å²) in [5.41, 5.74) is 14.0. The van der Waals surface area contributed by atoms with Crippen molar-refractivity contribution in [2.45, 2.75) is 36.1 Å². The van der Waals surface area contributed by atoms with Gasteiger partial charge >= 0.3 is 0 Å². The quantitative estimate of drug-likeness (QED) is 0.741. The van der Waals surface area contributed by atoms with E-state index in [1.165, 1.54) is 0 Å². The van der Waals surface area contributed by atoms with Crippen LogP contribution in [0.3, 0.4) is 0 Å². The molecule has 4 rings (SSSR count). The van der Waals surface area contributed by atoms with E-state index in [1.807, 2.05) is 18.2 Å². The number of carbonyl (C=O) groups is 1. The first-order valence-corrected chi connectivity index (χ1v) is 9.96. The molecule has 1 amide bonds. The highest BCUT2D eigenvalue weighted by Gasteiger charge is 2.31. The number of rotatable bonds is 4. The minimum atomic E-state index is 0.0266. The minimum absolute atomic E-state index is 0.0266. The number of nitrogens with zero attached hydrogens (tertiary/aromatic N) is 3. The smallest absolute Gasteiger partial charge is 0.228 e. The second-order valence-electron chi connectivity index (χ2n) is 7.53. The summed E-state index contributed by atoms with van der Waals surface area (Å²) in [5, 5.41) is 3.71. The fraction of sp³-hybridized carbons (Fsp3) is 0.421. The van der Waals surface area contributed by atoms with Crippen LogP contribution >= 0.6 is 11.8 Å². The topological polar surface area (TPSA) is 110 Å². The second kappa shape index (κ2) is 7.01. The van der Waals surface area contributed by atoms with E-state index in [0.29, 0.717) is 18.8 Å². The number of nitrogens with one attached hydrogen (secondary N) is 1. The van der Waals surface area contributed by atoms with Crippen LogP contribution in [0.15, 0.2) is 34.3 Å². The Hall–Kier alpha value is -2.32. The van der Waals surface area contributed by atoms with Crippen LogP contribution in [-0.4, -0.2) is 35.5 Å². The first kappa shape index (κ1) is 18.1. The maximum Gasteiger partial charge on any atom is 0.228 e. The van der Waals surface area contributed by atoms with Gasteiger partial charge in [0.25, 0.3) is 0 Å². The van der Waals surface area contributed by atoms with Gasteiger partial charge in [0, 0.05) is 23.7 Å². The molecule has 2 aliphatic heterocycles. The highest BCUT2D eigenvalue weighted by Crippen LogP contribution is 2.40. The molecule has 8 heteroatoms. The van der Waals surface area contributed by atoms with Crippen molar-refractivity contribution >= 4 is 35.0 Å². The van der Waals surface area contributed by atoms with E-state index >= 15 is 0 Å². The molecule has 5 N–H and O–H groups in total. The SMILES string of the molecule is CC1(CN)CCN(c2nc(N)cnc2Sc2cccc3c2CC(=O)N3)CC1. The normalized spacial score (nSPS) is 18.3. The van der Waals surface area contributed by atoms with Crippen molar-refractivity contribution in [3.63, 3.8) is 0 Å². The van der Waals surface area contributed by atoms with Crippen LogP contribution in [0.1, 0.15) is 25.3 Å². The van der Waals surface area contributed by atoms with Gasteiger partial charge in [0.15, 0.2) is 5.82 Å².